The first-order valence-corrected chi connectivity index (χ1v) is 4.34. The van der Waals surface area contributed by atoms with E-state index in [1.54, 1.807) is 0 Å². The van der Waals surface area contributed by atoms with Gasteiger partial charge in [-0.1, -0.05) is 0 Å². The first-order valence-electron chi connectivity index (χ1n) is 3.47. The van der Waals surface area contributed by atoms with Gasteiger partial charge in [0.15, 0.2) is 0 Å². The molecular weight excluding hydrogens is 207 g/mol. The van der Waals surface area contributed by atoms with Gasteiger partial charge in [0, 0.05) is 0 Å². The van der Waals surface area contributed by atoms with Crippen LogP contribution in [0.2, 0.25) is 0 Å². The maximum Gasteiger partial charge on any atom is 0.100 e. The van der Waals surface area contributed by atoms with E-state index in [1.165, 1.54) is 0 Å². The highest BCUT2D eigenvalue weighted by atomic mass is 35.5. The van der Waals surface area contributed by atoms with E-state index < -0.39 is 35.2 Å². The molecule has 0 spiro atoms. The molecule has 6 heteroatoms. The summed E-state index contributed by atoms with van der Waals surface area (Å²) in [7, 11) is 0. The molecule has 1 rings (SSSR count). The van der Waals surface area contributed by atoms with Crippen LogP contribution in [-0.4, -0.2) is 55.6 Å². The zero-order valence-electron chi connectivity index (χ0n) is 6.01. The number of hydrogen-bond donors (Lipinski definition) is 4. The maximum atomic E-state index is 9.17. The molecule has 2 unspecified atom stereocenters. The van der Waals surface area contributed by atoms with Crippen molar-refractivity contribution in [3.63, 3.8) is 0 Å². The average Bonchev–Trinajstić information content (AvgIpc) is 2.08. The zero-order valence-corrected chi connectivity index (χ0v) is 7.52. The van der Waals surface area contributed by atoms with Gasteiger partial charge in [-0.2, -0.15) is 0 Å². The average molecular weight is 217 g/mol. The van der Waals surface area contributed by atoms with Crippen LogP contribution in [0, 0.1) is 0 Å². The van der Waals surface area contributed by atoms with E-state index in [1.807, 2.05) is 0 Å². The van der Waals surface area contributed by atoms with Crippen molar-refractivity contribution < 1.29 is 20.4 Å². The number of aliphatic hydroxyl groups excluding tert-OH is 4. The van der Waals surface area contributed by atoms with Crippen molar-refractivity contribution >= 4 is 23.2 Å². The molecule has 0 amide bonds. The Labute approximate surface area is 79.3 Å². The minimum atomic E-state index is -1.31. The second-order valence-electron chi connectivity index (χ2n) is 2.85. The summed E-state index contributed by atoms with van der Waals surface area (Å²) < 4.78 is 0. The van der Waals surface area contributed by atoms with Crippen LogP contribution in [0.15, 0.2) is 0 Å². The fourth-order valence-electron chi connectivity index (χ4n) is 1.16. The number of aliphatic hydroxyl groups is 4. The first kappa shape index (κ1) is 10.5. The molecule has 0 aromatic heterocycles. The molecule has 4 N–H and O–H groups in total. The van der Waals surface area contributed by atoms with Gasteiger partial charge in [-0.3, -0.25) is 0 Å². The molecule has 6 atom stereocenters. The van der Waals surface area contributed by atoms with E-state index in [9.17, 15) is 0 Å². The van der Waals surface area contributed by atoms with Gasteiger partial charge in [-0.15, -0.1) is 23.2 Å². The van der Waals surface area contributed by atoms with Crippen molar-refractivity contribution in [3.05, 3.63) is 0 Å². The Bertz CT molecular complexity index is 109. The van der Waals surface area contributed by atoms with Gasteiger partial charge >= 0.3 is 0 Å². The summed E-state index contributed by atoms with van der Waals surface area (Å²) in [4.78, 5) is 0. The fraction of sp³-hybridized carbons (Fsp3) is 1.00. The lowest BCUT2D eigenvalue weighted by Gasteiger charge is -2.38. The van der Waals surface area contributed by atoms with Gasteiger partial charge in [0.25, 0.3) is 0 Å². The van der Waals surface area contributed by atoms with Crippen LogP contribution in [0.25, 0.3) is 0 Å². The highest BCUT2D eigenvalue weighted by Gasteiger charge is 2.47. The molecule has 72 valence electrons. The molecule has 4 nitrogen and oxygen atoms in total. The van der Waals surface area contributed by atoms with Crippen molar-refractivity contribution in [1.82, 2.24) is 0 Å². The third-order valence-corrected chi connectivity index (χ3v) is 3.04. The first-order chi connectivity index (χ1) is 5.46. The molecule has 1 saturated carbocycles. The Kier molecular flexibility index (Phi) is 3.20. The molecule has 0 aromatic carbocycles. The molecule has 0 aliphatic heterocycles. The third kappa shape index (κ3) is 1.55. The molecule has 1 aliphatic rings. The van der Waals surface area contributed by atoms with Gasteiger partial charge in [0.1, 0.15) is 24.4 Å². The number of hydrogen-bond acceptors (Lipinski definition) is 4. The van der Waals surface area contributed by atoms with Crippen LogP contribution in [-0.2, 0) is 0 Å². The van der Waals surface area contributed by atoms with E-state index in [0.717, 1.165) is 0 Å². The van der Waals surface area contributed by atoms with Gasteiger partial charge in [0.05, 0.1) is 10.8 Å². The van der Waals surface area contributed by atoms with E-state index in [2.05, 4.69) is 0 Å². The monoisotopic (exact) mass is 216 g/mol. The second-order valence-corrected chi connectivity index (χ2v) is 3.86. The Morgan fingerprint density at radius 2 is 0.750 bits per heavy atom. The highest BCUT2D eigenvalue weighted by Crippen LogP contribution is 2.28. The Hall–Kier alpha value is 0.420. The minimum Gasteiger partial charge on any atom is -0.389 e. The summed E-state index contributed by atoms with van der Waals surface area (Å²) >= 11 is 11.0. The van der Waals surface area contributed by atoms with Crippen molar-refractivity contribution in [3.8, 4) is 0 Å². The molecule has 0 saturated heterocycles. The highest BCUT2D eigenvalue weighted by molar-refractivity contribution is 6.24. The normalized spacial score (nSPS) is 55.5. The van der Waals surface area contributed by atoms with Crippen molar-refractivity contribution in [2.24, 2.45) is 0 Å². The lowest BCUT2D eigenvalue weighted by Crippen LogP contribution is -2.60. The summed E-state index contributed by atoms with van der Waals surface area (Å²) in [5.41, 5.74) is 0. The van der Waals surface area contributed by atoms with Crippen molar-refractivity contribution in [2.45, 2.75) is 35.2 Å². The van der Waals surface area contributed by atoms with Gasteiger partial charge in [-0.25, -0.2) is 0 Å². The number of alkyl halides is 2. The smallest absolute Gasteiger partial charge is 0.100 e. The third-order valence-electron chi connectivity index (χ3n) is 2.00. The van der Waals surface area contributed by atoms with Crippen LogP contribution >= 0.6 is 23.2 Å². The molecule has 12 heavy (non-hydrogen) atoms. The van der Waals surface area contributed by atoms with Crippen molar-refractivity contribution in [2.75, 3.05) is 0 Å². The zero-order chi connectivity index (χ0) is 9.46. The summed E-state index contributed by atoms with van der Waals surface area (Å²) in [6.45, 7) is 0. The minimum absolute atomic E-state index is 1.09. The quantitative estimate of drug-likeness (QED) is 0.378. The van der Waals surface area contributed by atoms with Crippen LogP contribution in [0.5, 0.6) is 0 Å². The Balaban J connectivity index is 2.76. The Morgan fingerprint density at radius 3 is 0.917 bits per heavy atom. The van der Waals surface area contributed by atoms with Gasteiger partial charge in [0.2, 0.25) is 0 Å². The summed E-state index contributed by atoms with van der Waals surface area (Å²) in [6.07, 6.45) is -5.25. The van der Waals surface area contributed by atoms with E-state index >= 15 is 0 Å². The SMILES string of the molecule is O[C@@H]1C(Cl)[C@H](O)[C@@H](O)C(Cl)[C@H]1O. The molecular formula is C6H10Cl2O4. The molecule has 0 aromatic rings. The maximum absolute atomic E-state index is 9.17. The summed E-state index contributed by atoms with van der Waals surface area (Å²) in [5.74, 6) is 0. The standard InChI is InChI=1S/C6H10Cl2O4/c7-1-3(9)5(11)2(8)6(12)4(1)10/h1-6,9-12H/t1?,2?,3-,4+,5-,6+. The molecule has 0 heterocycles. The van der Waals surface area contributed by atoms with Crippen LogP contribution < -0.4 is 0 Å². The van der Waals surface area contributed by atoms with Crippen LogP contribution in [0.1, 0.15) is 0 Å². The van der Waals surface area contributed by atoms with E-state index in [0.29, 0.717) is 0 Å². The van der Waals surface area contributed by atoms with Crippen molar-refractivity contribution in [1.29, 1.82) is 0 Å². The molecule has 0 bridgehead atoms. The Morgan fingerprint density at radius 1 is 0.583 bits per heavy atom. The van der Waals surface area contributed by atoms with Gasteiger partial charge in [-0.05, 0) is 0 Å². The number of rotatable bonds is 0. The lowest BCUT2D eigenvalue weighted by molar-refractivity contribution is -0.100. The van der Waals surface area contributed by atoms with Gasteiger partial charge < -0.3 is 20.4 Å². The number of halogens is 2. The van der Waals surface area contributed by atoms with E-state index in [4.69, 9.17) is 43.6 Å². The molecule has 1 fully saturated rings. The largest absolute Gasteiger partial charge is 0.389 e. The lowest BCUT2D eigenvalue weighted by atomic mass is 9.89. The topological polar surface area (TPSA) is 80.9 Å². The summed E-state index contributed by atoms with van der Waals surface area (Å²) in [5, 5.41) is 34.5. The molecule has 1 aliphatic carbocycles. The summed E-state index contributed by atoms with van der Waals surface area (Å²) in [6, 6.07) is 0. The van der Waals surface area contributed by atoms with Crippen LogP contribution in [0.4, 0.5) is 0 Å². The molecule has 0 radical (unpaired) electrons. The fourth-order valence-corrected chi connectivity index (χ4v) is 1.75. The predicted octanol–water partition coefficient (Wildman–Crippen LogP) is -1.34. The van der Waals surface area contributed by atoms with Crippen LogP contribution in [0.3, 0.4) is 0 Å². The predicted molar refractivity (Wildman–Crippen MR) is 43.3 cm³/mol. The van der Waals surface area contributed by atoms with E-state index in [-0.39, 0.29) is 0 Å². The second kappa shape index (κ2) is 3.65.